The Morgan fingerprint density at radius 3 is 2.41 bits per heavy atom. The number of rotatable bonds is 7. The van der Waals surface area contributed by atoms with Gasteiger partial charge in [0.2, 0.25) is 5.91 Å². The first-order valence-corrected chi connectivity index (χ1v) is 10.2. The second kappa shape index (κ2) is 11.0. The fourth-order valence-electron chi connectivity index (χ4n) is 2.40. The molecule has 5 nitrogen and oxygen atoms in total. The number of hydrogen-bond donors (Lipinski definition) is 3. The van der Waals surface area contributed by atoms with Crippen LogP contribution in [0, 0.1) is 3.57 Å². The number of carbonyl (C=O) groups is 2. The van der Waals surface area contributed by atoms with Gasteiger partial charge >= 0.3 is 0 Å². The molecule has 2 rings (SSSR count). The molecule has 0 aliphatic heterocycles. The Hall–Kier alpha value is -2.00. The predicted molar refractivity (Wildman–Crippen MR) is 122 cm³/mol. The van der Waals surface area contributed by atoms with Crippen molar-refractivity contribution in [3.05, 3.63) is 57.7 Å². The molecule has 0 saturated heterocycles. The summed E-state index contributed by atoms with van der Waals surface area (Å²) < 4.78 is 0.974. The molecule has 2 amide bonds. The van der Waals surface area contributed by atoms with Crippen molar-refractivity contribution in [3.63, 3.8) is 0 Å². The molecular weight excluding hydrogens is 473 g/mol. The maximum atomic E-state index is 12.2. The summed E-state index contributed by atoms with van der Waals surface area (Å²) in [5.41, 5.74) is 1.92. The van der Waals surface area contributed by atoms with E-state index in [1.54, 1.807) is 18.2 Å². The van der Waals surface area contributed by atoms with E-state index in [9.17, 15) is 9.59 Å². The lowest BCUT2D eigenvalue weighted by molar-refractivity contribution is -0.116. The number of anilines is 2. The second-order valence-corrected chi connectivity index (χ2v) is 7.66. The maximum Gasteiger partial charge on any atom is 0.257 e. The number of amides is 2. The van der Waals surface area contributed by atoms with Crippen LogP contribution in [0.1, 0.15) is 43.0 Å². The number of thiocarbonyl (C=S) groups is 1. The van der Waals surface area contributed by atoms with Gasteiger partial charge in [0.05, 0.1) is 0 Å². The van der Waals surface area contributed by atoms with E-state index in [0.717, 1.165) is 22.8 Å². The lowest BCUT2D eigenvalue weighted by atomic mass is 10.2. The van der Waals surface area contributed by atoms with Crippen molar-refractivity contribution in [2.75, 3.05) is 10.6 Å². The minimum absolute atomic E-state index is 0.00448. The molecule has 0 aromatic heterocycles. The standard InChI is InChI=1S/C20H22IN3O2S/c1-2-3-4-11-18(25)22-16-9-6-10-17(13-16)23-20(27)24-19(26)14-7-5-8-15(21)12-14/h5-10,12-13H,2-4,11H2,1H3,(H,22,25)(H2,23,24,26,27). The molecule has 27 heavy (non-hydrogen) atoms. The van der Waals surface area contributed by atoms with Crippen LogP contribution in [-0.2, 0) is 4.79 Å². The van der Waals surface area contributed by atoms with E-state index >= 15 is 0 Å². The van der Waals surface area contributed by atoms with Crippen LogP contribution in [0.4, 0.5) is 11.4 Å². The van der Waals surface area contributed by atoms with Crippen LogP contribution in [0.25, 0.3) is 0 Å². The van der Waals surface area contributed by atoms with E-state index in [1.807, 2.05) is 30.3 Å². The molecule has 0 bridgehead atoms. The molecule has 0 unspecified atom stereocenters. The molecule has 2 aromatic carbocycles. The zero-order valence-corrected chi connectivity index (χ0v) is 18.0. The van der Waals surface area contributed by atoms with Crippen molar-refractivity contribution < 1.29 is 9.59 Å². The van der Waals surface area contributed by atoms with E-state index in [1.165, 1.54) is 0 Å². The molecule has 2 aromatic rings. The first kappa shape index (κ1) is 21.3. The van der Waals surface area contributed by atoms with Crippen LogP contribution in [-0.4, -0.2) is 16.9 Å². The monoisotopic (exact) mass is 495 g/mol. The smallest absolute Gasteiger partial charge is 0.257 e. The number of unbranched alkanes of at least 4 members (excludes halogenated alkanes) is 2. The zero-order valence-electron chi connectivity index (χ0n) is 15.0. The van der Waals surface area contributed by atoms with E-state index in [0.29, 0.717) is 23.4 Å². The van der Waals surface area contributed by atoms with Crippen molar-refractivity contribution in [2.24, 2.45) is 0 Å². The molecule has 0 aliphatic carbocycles. The summed E-state index contributed by atoms with van der Waals surface area (Å²) in [4.78, 5) is 24.2. The van der Waals surface area contributed by atoms with Crippen LogP contribution in [0.5, 0.6) is 0 Å². The molecule has 7 heteroatoms. The van der Waals surface area contributed by atoms with Gasteiger partial charge in [0.25, 0.3) is 5.91 Å². The van der Waals surface area contributed by atoms with Crippen molar-refractivity contribution in [2.45, 2.75) is 32.6 Å². The highest BCUT2D eigenvalue weighted by Crippen LogP contribution is 2.16. The maximum absolute atomic E-state index is 12.2. The molecule has 0 atom stereocenters. The topological polar surface area (TPSA) is 70.2 Å². The summed E-state index contributed by atoms with van der Waals surface area (Å²) in [5.74, 6) is -0.276. The van der Waals surface area contributed by atoms with Gasteiger partial charge in [-0.1, -0.05) is 31.9 Å². The lowest BCUT2D eigenvalue weighted by Gasteiger charge is -2.11. The van der Waals surface area contributed by atoms with Gasteiger partial charge in [0.15, 0.2) is 5.11 Å². The highest BCUT2D eigenvalue weighted by Gasteiger charge is 2.09. The SMILES string of the molecule is CCCCCC(=O)Nc1cccc(NC(=S)NC(=O)c2cccc(I)c2)c1. The summed E-state index contributed by atoms with van der Waals surface area (Å²) in [6.07, 6.45) is 3.52. The van der Waals surface area contributed by atoms with Crippen molar-refractivity contribution in [1.82, 2.24) is 5.32 Å². The molecule has 0 spiro atoms. The minimum Gasteiger partial charge on any atom is -0.332 e. The van der Waals surface area contributed by atoms with Gasteiger partial charge < -0.3 is 10.6 Å². The highest BCUT2D eigenvalue weighted by atomic mass is 127. The van der Waals surface area contributed by atoms with E-state index < -0.39 is 0 Å². The molecule has 0 heterocycles. The summed E-state index contributed by atoms with van der Waals surface area (Å²) in [5, 5.41) is 8.70. The third-order valence-corrected chi connectivity index (χ3v) is 4.60. The highest BCUT2D eigenvalue weighted by molar-refractivity contribution is 14.1. The summed E-state index contributed by atoms with van der Waals surface area (Å²) in [6, 6.07) is 14.5. The Labute approximate surface area is 178 Å². The van der Waals surface area contributed by atoms with Crippen LogP contribution in [0.2, 0.25) is 0 Å². The Bertz CT molecular complexity index is 826. The first-order valence-electron chi connectivity index (χ1n) is 8.75. The molecule has 0 aliphatic rings. The van der Waals surface area contributed by atoms with Gasteiger partial charge in [0.1, 0.15) is 0 Å². The van der Waals surface area contributed by atoms with Crippen LogP contribution >= 0.6 is 34.8 Å². The molecule has 3 N–H and O–H groups in total. The number of halogens is 1. The number of carbonyl (C=O) groups excluding carboxylic acids is 2. The van der Waals surface area contributed by atoms with Gasteiger partial charge in [-0.2, -0.15) is 0 Å². The molecule has 142 valence electrons. The second-order valence-electron chi connectivity index (χ2n) is 6.00. The van der Waals surface area contributed by atoms with E-state index in [4.69, 9.17) is 12.2 Å². The van der Waals surface area contributed by atoms with Gasteiger partial charge in [-0.25, -0.2) is 0 Å². The summed E-state index contributed by atoms with van der Waals surface area (Å²) in [6.45, 7) is 2.10. The van der Waals surface area contributed by atoms with Crippen LogP contribution in [0.15, 0.2) is 48.5 Å². The molecule has 0 fully saturated rings. The van der Waals surface area contributed by atoms with Crippen LogP contribution < -0.4 is 16.0 Å². The van der Waals surface area contributed by atoms with E-state index in [2.05, 4.69) is 45.5 Å². The Morgan fingerprint density at radius 2 is 1.70 bits per heavy atom. The Morgan fingerprint density at radius 1 is 1.00 bits per heavy atom. The predicted octanol–water partition coefficient (Wildman–Crippen LogP) is 4.94. The molecule has 0 saturated carbocycles. The fourth-order valence-corrected chi connectivity index (χ4v) is 3.15. The van der Waals surface area contributed by atoms with Gasteiger partial charge in [-0.15, -0.1) is 0 Å². The Kier molecular flexibility index (Phi) is 8.66. The van der Waals surface area contributed by atoms with E-state index in [-0.39, 0.29) is 16.9 Å². The molecule has 0 radical (unpaired) electrons. The minimum atomic E-state index is -0.272. The zero-order chi connectivity index (χ0) is 19.6. The average molecular weight is 495 g/mol. The summed E-state index contributed by atoms with van der Waals surface area (Å²) >= 11 is 7.37. The Balaban J connectivity index is 1.90. The number of hydrogen-bond acceptors (Lipinski definition) is 3. The normalized spacial score (nSPS) is 10.1. The van der Waals surface area contributed by atoms with Crippen molar-refractivity contribution >= 4 is 63.1 Å². The van der Waals surface area contributed by atoms with Gasteiger partial charge in [0, 0.05) is 26.9 Å². The number of nitrogens with one attached hydrogen (secondary N) is 3. The largest absolute Gasteiger partial charge is 0.332 e. The quantitative estimate of drug-likeness (QED) is 0.289. The average Bonchev–Trinajstić information content (AvgIpc) is 2.62. The third-order valence-electron chi connectivity index (χ3n) is 3.73. The molecular formula is C20H22IN3O2S. The third kappa shape index (κ3) is 7.64. The van der Waals surface area contributed by atoms with Gasteiger partial charge in [-0.05, 0) is 77.6 Å². The number of benzene rings is 2. The van der Waals surface area contributed by atoms with Crippen molar-refractivity contribution in [3.8, 4) is 0 Å². The first-order chi connectivity index (χ1) is 13.0. The van der Waals surface area contributed by atoms with Gasteiger partial charge in [-0.3, -0.25) is 14.9 Å². The van der Waals surface area contributed by atoms with Crippen molar-refractivity contribution in [1.29, 1.82) is 0 Å². The fraction of sp³-hybridized carbons (Fsp3) is 0.250. The summed E-state index contributed by atoms with van der Waals surface area (Å²) in [7, 11) is 0. The van der Waals surface area contributed by atoms with Crippen LogP contribution in [0.3, 0.4) is 0 Å². The lowest BCUT2D eigenvalue weighted by Crippen LogP contribution is -2.34.